The minimum absolute atomic E-state index is 0.101. The summed E-state index contributed by atoms with van der Waals surface area (Å²) in [5.74, 6) is 0.931. The van der Waals surface area contributed by atoms with Gasteiger partial charge in [-0.25, -0.2) is 0 Å². The number of carbonyl (C=O) groups is 1. The number of carbonyl (C=O) groups excluding carboxylic acids is 1. The van der Waals surface area contributed by atoms with E-state index >= 15 is 0 Å². The van der Waals surface area contributed by atoms with Crippen LogP contribution in [0.4, 0.5) is 5.69 Å². The van der Waals surface area contributed by atoms with Crippen LogP contribution in [0.1, 0.15) is 22.9 Å². The average molecular weight is 489 g/mol. The summed E-state index contributed by atoms with van der Waals surface area (Å²) in [4.78, 5) is 13.5. The van der Waals surface area contributed by atoms with Crippen LogP contribution < -0.4 is 20.1 Å². The third kappa shape index (κ3) is 6.58. The van der Waals surface area contributed by atoms with E-state index in [4.69, 9.17) is 9.47 Å². The third-order valence-electron chi connectivity index (χ3n) is 4.30. The molecule has 7 heteroatoms. The molecule has 0 atom stereocenters. The van der Waals surface area contributed by atoms with Crippen LogP contribution in [0.25, 0.3) is 0 Å². The van der Waals surface area contributed by atoms with Crippen molar-refractivity contribution < 1.29 is 14.3 Å². The zero-order valence-electron chi connectivity index (χ0n) is 17.0. The maximum absolute atomic E-state index is 12.2. The van der Waals surface area contributed by atoms with Crippen LogP contribution in [0.2, 0.25) is 0 Å². The monoisotopic (exact) mass is 488 g/mol. The Kier molecular flexibility index (Phi) is 8.30. The molecule has 0 aliphatic heterocycles. The Labute approximate surface area is 189 Å². The Bertz CT molecular complexity index is 959. The van der Waals surface area contributed by atoms with Gasteiger partial charge >= 0.3 is 0 Å². The lowest BCUT2D eigenvalue weighted by Gasteiger charge is -2.15. The Morgan fingerprint density at radius 1 is 1.07 bits per heavy atom. The molecule has 0 spiro atoms. The van der Waals surface area contributed by atoms with Crippen LogP contribution in [-0.4, -0.2) is 19.1 Å². The number of aryl methyl sites for hydroxylation is 1. The van der Waals surface area contributed by atoms with Gasteiger partial charge in [-0.05, 0) is 55.1 Å². The molecule has 2 N–H and O–H groups in total. The van der Waals surface area contributed by atoms with Crippen molar-refractivity contribution in [1.82, 2.24) is 5.32 Å². The van der Waals surface area contributed by atoms with E-state index in [1.807, 2.05) is 56.3 Å². The molecule has 0 saturated carbocycles. The Hall–Kier alpha value is -2.35. The van der Waals surface area contributed by atoms with Gasteiger partial charge in [-0.3, -0.25) is 4.79 Å². The number of ether oxygens (including phenoxy) is 2. The molecule has 3 aromatic rings. The van der Waals surface area contributed by atoms with Gasteiger partial charge in [0.25, 0.3) is 5.91 Å². The van der Waals surface area contributed by atoms with Crippen molar-refractivity contribution in [2.24, 2.45) is 0 Å². The van der Waals surface area contributed by atoms with Crippen LogP contribution in [0.5, 0.6) is 11.5 Å². The maximum atomic E-state index is 12.2. The van der Waals surface area contributed by atoms with E-state index < -0.39 is 0 Å². The highest BCUT2D eigenvalue weighted by Gasteiger charge is 2.13. The first-order chi connectivity index (χ1) is 14.5. The van der Waals surface area contributed by atoms with E-state index in [0.29, 0.717) is 24.7 Å². The summed E-state index contributed by atoms with van der Waals surface area (Å²) in [6.45, 7) is 5.83. The van der Waals surface area contributed by atoms with Gasteiger partial charge in [-0.2, -0.15) is 0 Å². The molecule has 3 rings (SSSR count). The van der Waals surface area contributed by atoms with Gasteiger partial charge in [-0.1, -0.05) is 39.7 Å². The standard InChI is InChI=1S/C23H25BrN2O3S/c1-3-28-21-11-17(13-25-14-19-5-4-10-30-19)20(24)12-22(21)29-15-23(27)26-18-8-6-16(2)7-9-18/h4-12,25H,3,13-15H2,1-2H3,(H,26,27). The highest BCUT2D eigenvalue weighted by molar-refractivity contribution is 9.10. The summed E-state index contributed by atoms with van der Waals surface area (Å²) in [6.07, 6.45) is 0. The molecule has 0 unspecified atom stereocenters. The van der Waals surface area contributed by atoms with Crippen LogP contribution >= 0.6 is 27.3 Å². The Balaban J connectivity index is 1.60. The summed E-state index contributed by atoms with van der Waals surface area (Å²) in [5, 5.41) is 8.34. The van der Waals surface area contributed by atoms with Gasteiger partial charge < -0.3 is 20.1 Å². The number of benzene rings is 2. The number of hydrogen-bond donors (Lipinski definition) is 2. The normalized spacial score (nSPS) is 10.6. The van der Waals surface area contributed by atoms with Gasteiger partial charge in [0, 0.05) is 28.1 Å². The second kappa shape index (κ2) is 11.2. The second-order valence-electron chi connectivity index (χ2n) is 6.71. The van der Waals surface area contributed by atoms with Crippen LogP contribution in [0.15, 0.2) is 58.4 Å². The molecule has 1 aromatic heterocycles. The predicted molar refractivity (Wildman–Crippen MR) is 125 cm³/mol. The average Bonchev–Trinajstić information content (AvgIpc) is 3.24. The molecule has 5 nitrogen and oxygen atoms in total. The quantitative estimate of drug-likeness (QED) is 0.394. The summed E-state index contributed by atoms with van der Waals surface area (Å²) < 4.78 is 12.4. The zero-order chi connectivity index (χ0) is 21.3. The molecule has 158 valence electrons. The van der Waals surface area contributed by atoms with Gasteiger partial charge in [0.1, 0.15) is 0 Å². The lowest BCUT2D eigenvalue weighted by atomic mass is 10.2. The summed E-state index contributed by atoms with van der Waals surface area (Å²) in [5.41, 5.74) is 2.94. The smallest absolute Gasteiger partial charge is 0.262 e. The predicted octanol–water partition coefficient (Wildman–Crippen LogP) is 5.53. The molecule has 0 aliphatic rings. The molecule has 1 amide bonds. The van der Waals surface area contributed by atoms with Gasteiger partial charge in [0.05, 0.1) is 6.61 Å². The number of anilines is 1. The Morgan fingerprint density at radius 2 is 1.83 bits per heavy atom. The van der Waals surface area contributed by atoms with Crippen molar-refractivity contribution in [1.29, 1.82) is 0 Å². The lowest BCUT2D eigenvalue weighted by Crippen LogP contribution is -2.20. The molecule has 0 bridgehead atoms. The van der Waals surface area contributed by atoms with Crippen LogP contribution in [-0.2, 0) is 17.9 Å². The van der Waals surface area contributed by atoms with E-state index in [9.17, 15) is 4.79 Å². The van der Waals surface area contributed by atoms with E-state index in [-0.39, 0.29) is 12.5 Å². The Morgan fingerprint density at radius 3 is 2.53 bits per heavy atom. The molecule has 2 aromatic carbocycles. The second-order valence-corrected chi connectivity index (χ2v) is 8.60. The first kappa shape index (κ1) is 22.3. The van der Waals surface area contributed by atoms with Crippen LogP contribution in [0, 0.1) is 6.92 Å². The minimum Gasteiger partial charge on any atom is -0.490 e. The molecule has 1 heterocycles. The van der Waals surface area contributed by atoms with Crippen molar-refractivity contribution in [3.05, 3.63) is 74.4 Å². The summed E-state index contributed by atoms with van der Waals surface area (Å²) >= 11 is 5.34. The van der Waals surface area contributed by atoms with Crippen LogP contribution in [0.3, 0.4) is 0 Å². The van der Waals surface area contributed by atoms with E-state index in [0.717, 1.165) is 27.8 Å². The van der Waals surface area contributed by atoms with E-state index in [1.54, 1.807) is 11.3 Å². The van der Waals surface area contributed by atoms with Crippen molar-refractivity contribution in [2.75, 3.05) is 18.5 Å². The van der Waals surface area contributed by atoms with Crippen molar-refractivity contribution in [3.8, 4) is 11.5 Å². The molecule has 0 saturated heterocycles. The molecular formula is C23H25BrN2O3S. The SMILES string of the molecule is CCOc1cc(CNCc2cccs2)c(Br)cc1OCC(=O)Nc1ccc(C)cc1. The number of halogens is 1. The fraction of sp³-hybridized carbons (Fsp3) is 0.261. The summed E-state index contributed by atoms with van der Waals surface area (Å²) in [6, 6.07) is 15.6. The molecule has 30 heavy (non-hydrogen) atoms. The summed E-state index contributed by atoms with van der Waals surface area (Å²) in [7, 11) is 0. The fourth-order valence-corrected chi connectivity index (χ4v) is 3.94. The highest BCUT2D eigenvalue weighted by Crippen LogP contribution is 2.34. The van der Waals surface area contributed by atoms with E-state index in [2.05, 4.69) is 38.0 Å². The topological polar surface area (TPSA) is 59.6 Å². The first-order valence-corrected chi connectivity index (χ1v) is 11.4. The number of rotatable bonds is 10. The third-order valence-corrected chi connectivity index (χ3v) is 5.92. The van der Waals surface area contributed by atoms with Gasteiger partial charge in [0.15, 0.2) is 18.1 Å². The molecular weight excluding hydrogens is 464 g/mol. The minimum atomic E-state index is -0.223. The number of amides is 1. The molecule has 0 radical (unpaired) electrons. The number of nitrogens with one attached hydrogen (secondary N) is 2. The van der Waals surface area contributed by atoms with E-state index in [1.165, 1.54) is 4.88 Å². The number of thiophene rings is 1. The van der Waals surface area contributed by atoms with Gasteiger partial charge in [0.2, 0.25) is 0 Å². The lowest BCUT2D eigenvalue weighted by molar-refractivity contribution is -0.118. The molecule has 0 aliphatic carbocycles. The fourth-order valence-electron chi connectivity index (χ4n) is 2.80. The largest absolute Gasteiger partial charge is 0.490 e. The number of hydrogen-bond acceptors (Lipinski definition) is 5. The first-order valence-electron chi connectivity index (χ1n) is 9.72. The van der Waals surface area contributed by atoms with Gasteiger partial charge in [-0.15, -0.1) is 11.3 Å². The van der Waals surface area contributed by atoms with Crippen molar-refractivity contribution in [2.45, 2.75) is 26.9 Å². The molecule has 0 fully saturated rings. The maximum Gasteiger partial charge on any atom is 0.262 e. The highest BCUT2D eigenvalue weighted by atomic mass is 79.9. The zero-order valence-corrected chi connectivity index (χ0v) is 19.4. The van der Waals surface area contributed by atoms with Crippen molar-refractivity contribution >= 4 is 38.9 Å². The van der Waals surface area contributed by atoms with Crippen molar-refractivity contribution in [3.63, 3.8) is 0 Å².